The lowest BCUT2D eigenvalue weighted by atomic mass is 10.1. The third-order valence-electron chi connectivity index (χ3n) is 5.14. The highest BCUT2D eigenvalue weighted by Gasteiger charge is 2.31. The van der Waals surface area contributed by atoms with E-state index in [9.17, 15) is 18.0 Å². The summed E-state index contributed by atoms with van der Waals surface area (Å²) in [4.78, 5) is 17.8. The van der Waals surface area contributed by atoms with E-state index in [-0.39, 0.29) is 46.5 Å². The molecular formula is C26H18ClF3N4O3. The van der Waals surface area contributed by atoms with Crippen molar-refractivity contribution in [3.05, 3.63) is 87.2 Å². The largest absolute Gasteiger partial charge is 0.490 e. The van der Waals surface area contributed by atoms with Crippen LogP contribution in [0.5, 0.6) is 11.5 Å². The lowest BCUT2D eigenvalue weighted by molar-refractivity contribution is -0.137. The first kappa shape index (κ1) is 25.7. The van der Waals surface area contributed by atoms with Crippen molar-refractivity contribution in [1.82, 2.24) is 9.66 Å². The minimum atomic E-state index is -4.58. The zero-order valence-corrected chi connectivity index (χ0v) is 20.0. The summed E-state index contributed by atoms with van der Waals surface area (Å²) < 4.78 is 51.9. The maximum absolute atomic E-state index is 13.4. The number of alkyl halides is 3. The van der Waals surface area contributed by atoms with Gasteiger partial charge in [0.1, 0.15) is 6.07 Å². The molecule has 1 aromatic heterocycles. The van der Waals surface area contributed by atoms with Crippen molar-refractivity contribution >= 4 is 28.7 Å². The van der Waals surface area contributed by atoms with Gasteiger partial charge < -0.3 is 9.47 Å². The third-order valence-corrected chi connectivity index (χ3v) is 5.42. The van der Waals surface area contributed by atoms with Gasteiger partial charge in [-0.05, 0) is 48.9 Å². The quantitative estimate of drug-likeness (QED) is 0.279. The lowest BCUT2D eigenvalue weighted by Gasteiger charge is -2.13. The Labute approximate surface area is 214 Å². The topological polar surface area (TPSA) is 89.5 Å². The first-order chi connectivity index (χ1) is 17.7. The molecule has 7 nitrogen and oxygen atoms in total. The van der Waals surface area contributed by atoms with Crippen LogP contribution in [0.2, 0.25) is 5.02 Å². The molecule has 0 saturated carbocycles. The SMILES string of the molecule is CCOc1cc(C=Nn2c(-c3cccc(C(F)(F)F)c3)nc3ccccc3c2=O)cc(Cl)c1OCC#N. The van der Waals surface area contributed by atoms with Crippen LogP contribution in [0.15, 0.2) is 70.6 Å². The van der Waals surface area contributed by atoms with Crippen molar-refractivity contribution in [2.45, 2.75) is 13.1 Å². The van der Waals surface area contributed by atoms with Gasteiger partial charge in [-0.2, -0.15) is 28.2 Å². The third kappa shape index (κ3) is 5.57. The highest BCUT2D eigenvalue weighted by molar-refractivity contribution is 6.32. The van der Waals surface area contributed by atoms with Gasteiger partial charge in [-0.25, -0.2) is 4.98 Å². The Morgan fingerprint density at radius 2 is 1.92 bits per heavy atom. The van der Waals surface area contributed by atoms with E-state index in [2.05, 4.69) is 10.1 Å². The molecule has 4 rings (SSSR count). The second-order valence-corrected chi connectivity index (χ2v) is 8.01. The second kappa shape index (κ2) is 10.7. The summed E-state index contributed by atoms with van der Waals surface area (Å²) in [6.07, 6.45) is -3.28. The van der Waals surface area contributed by atoms with Crippen LogP contribution in [0.25, 0.3) is 22.3 Å². The van der Waals surface area contributed by atoms with Gasteiger partial charge in [0.15, 0.2) is 23.9 Å². The van der Waals surface area contributed by atoms with Gasteiger partial charge >= 0.3 is 6.18 Å². The van der Waals surface area contributed by atoms with Crippen molar-refractivity contribution in [2.75, 3.05) is 13.2 Å². The molecule has 37 heavy (non-hydrogen) atoms. The Hall–Kier alpha value is -4.36. The molecule has 188 valence electrons. The van der Waals surface area contributed by atoms with E-state index in [1.165, 1.54) is 24.4 Å². The molecule has 0 bridgehead atoms. The standard InChI is InChI=1S/C26H18ClF3N4O3/c1-2-36-22-13-16(12-20(27)23(22)37-11-10-31)15-32-34-24(17-6-5-7-18(14-17)26(28,29)30)33-21-9-4-3-8-19(21)25(34)35/h3-9,12-15H,2,11H2,1H3. The van der Waals surface area contributed by atoms with Gasteiger partial charge in [0.05, 0.1) is 34.3 Å². The molecule has 0 unspecified atom stereocenters. The van der Waals surface area contributed by atoms with E-state index in [4.69, 9.17) is 26.3 Å². The molecule has 0 fully saturated rings. The maximum atomic E-state index is 13.4. The van der Waals surface area contributed by atoms with Gasteiger partial charge in [0.25, 0.3) is 5.56 Å². The van der Waals surface area contributed by atoms with Gasteiger partial charge in [0, 0.05) is 5.56 Å². The number of nitriles is 1. The van der Waals surface area contributed by atoms with E-state index >= 15 is 0 Å². The summed E-state index contributed by atoms with van der Waals surface area (Å²) in [5.74, 6) is 0.362. The summed E-state index contributed by atoms with van der Waals surface area (Å²) >= 11 is 6.32. The predicted octanol–water partition coefficient (Wildman–Crippen LogP) is 5.92. The first-order valence-corrected chi connectivity index (χ1v) is 11.3. The minimum absolute atomic E-state index is 0.0584. The Kier molecular flexibility index (Phi) is 7.45. The van der Waals surface area contributed by atoms with E-state index in [1.807, 2.05) is 6.07 Å². The van der Waals surface area contributed by atoms with Crippen molar-refractivity contribution in [3.8, 4) is 29.0 Å². The van der Waals surface area contributed by atoms with Gasteiger partial charge in [0.2, 0.25) is 0 Å². The normalized spacial score (nSPS) is 11.6. The van der Waals surface area contributed by atoms with Crippen molar-refractivity contribution in [3.63, 3.8) is 0 Å². The molecule has 0 aliphatic heterocycles. The van der Waals surface area contributed by atoms with E-state index in [0.717, 1.165) is 16.8 Å². The summed E-state index contributed by atoms with van der Waals surface area (Å²) in [6.45, 7) is 1.80. The number of rotatable bonds is 7. The zero-order valence-electron chi connectivity index (χ0n) is 19.3. The van der Waals surface area contributed by atoms with Crippen LogP contribution >= 0.6 is 11.6 Å². The summed E-state index contributed by atoms with van der Waals surface area (Å²) in [7, 11) is 0. The van der Waals surface area contributed by atoms with Crippen LogP contribution < -0.4 is 15.0 Å². The fraction of sp³-hybridized carbons (Fsp3) is 0.154. The Bertz CT molecular complexity index is 1590. The Morgan fingerprint density at radius 1 is 1.14 bits per heavy atom. The van der Waals surface area contributed by atoms with E-state index in [0.29, 0.717) is 11.1 Å². The molecule has 0 amide bonds. The monoisotopic (exact) mass is 526 g/mol. The van der Waals surface area contributed by atoms with Gasteiger partial charge in [-0.15, -0.1) is 0 Å². The summed E-state index contributed by atoms with van der Waals surface area (Å²) in [6, 6.07) is 15.9. The zero-order chi connectivity index (χ0) is 26.6. The number of hydrogen-bond donors (Lipinski definition) is 0. The number of benzene rings is 3. The highest BCUT2D eigenvalue weighted by Crippen LogP contribution is 2.36. The van der Waals surface area contributed by atoms with Crippen molar-refractivity contribution in [2.24, 2.45) is 5.10 Å². The number of nitrogens with zero attached hydrogens (tertiary/aromatic N) is 4. The summed E-state index contributed by atoms with van der Waals surface area (Å²) in [5, 5.41) is 13.4. The van der Waals surface area contributed by atoms with Crippen LogP contribution in [0.1, 0.15) is 18.1 Å². The minimum Gasteiger partial charge on any atom is -0.490 e. The maximum Gasteiger partial charge on any atom is 0.416 e. The average molecular weight is 527 g/mol. The molecule has 3 aromatic carbocycles. The van der Waals surface area contributed by atoms with Crippen LogP contribution in [0.4, 0.5) is 13.2 Å². The Morgan fingerprint density at radius 3 is 2.65 bits per heavy atom. The number of halogens is 4. The molecule has 0 spiro atoms. The predicted molar refractivity (Wildman–Crippen MR) is 133 cm³/mol. The summed E-state index contributed by atoms with van der Waals surface area (Å²) in [5.41, 5.74) is -0.675. The molecule has 0 aliphatic rings. The van der Waals surface area contributed by atoms with Crippen LogP contribution in [0.3, 0.4) is 0 Å². The van der Waals surface area contributed by atoms with Crippen LogP contribution in [0, 0.1) is 11.3 Å². The average Bonchev–Trinajstić information content (AvgIpc) is 2.87. The molecule has 4 aromatic rings. The van der Waals surface area contributed by atoms with E-state index in [1.54, 1.807) is 37.3 Å². The van der Waals surface area contributed by atoms with Crippen LogP contribution in [-0.4, -0.2) is 29.1 Å². The molecule has 11 heteroatoms. The van der Waals surface area contributed by atoms with Crippen molar-refractivity contribution in [1.29, 1.82) is 5.26 Å². The van der Waals surface area contributed by atoms with Crippen molar-refractivity contribution < 1.29 is 22.6 Å². The number of para-hydroxylation sites is 1. The molecule has 0 aliphatic carbocycles. The molecule has 1 heterocycles. The number of ether oxygens (including phenoxy) is 2. The fourth-order valence-electron chi connectivity index (χ4n) is 3.55. The smallest absolute Gasteiger partial charge is 0.416 e. The van der Waals surface area contributed by atoms with Gasteiger partial charge in [-0.3, -0.25) is 4.79 Å². The molecule has 0 N–H and O–H groups in total. The highest BCUT2D eigenvalue weighted by atomic mass is 35.5. The molecular weight excluding hydrogens is 509 g/mol. The fourth-order valence-corrected chi connectivity index (χ4v) is 3.82. The van der Waals surface area contributed by atoms with Gasteiger partial charge in [-0.1, -0.05) is 35.9 Å². The number of aromatic nitrogens is 2. The second-order valence-electron chi connectivity index (χ2n) is 7.60. The Balaban J connectivity index is 1.87. The molecule has 0 radical (unpaired) electrons. The number of hydrogen-bond acceptors (Lipinski definition) is 6. The van der Waals surface area contributed by atoms with Crippen LogP contribution in [-0.2, 0) is 6.18 Å². The van der Waals surface area contributed by atoms with E-state index < -0.39 is 17.3 Å². The first-order valence-electron chi connectivity index (χ1n) is 10.9. The lowest BCUT2D eigenvalue weighted by Crippen LogP contribution is -2.20. The molecule has 0 saturated heterocycles. The number of fused-ring (bicyclic) bond motifs is 1. The molecule has 0 atom stereocenters.